The standard InChI is InChI=1S/3C10H11F7O2.Pr/c3*1-7(2,3)5(18)4-6(19)8(11,12)9(13,14)10(15,16)17;/h3*4,18H,1-3H3;/q;;;+3/p-3/i3*1D3,2D3,3D3;. The molecule has 6 nitrogen and oxygen atoms in total. The fourth-order valence-electron chi connectivity index (χ4n) is 1.95. The largest absolute Gasteiger partial charge is 3.00 e. The summed E-state index contributed by atoms with van der Waals surface area (Å²) in [6.07, 6.45) is -25.1. The van der Waals surface area contributed by atoms with E-state index >= 15 is 0 Å². The smallest absolute Gasteiger partial charge is 0.875 e. The Morgan fingerprint density at radius 1 is 0.362 bits per heavy atom. The van der Waals surface area contributed by atoms with E-state index in [0.29, 0.717) is 0 Å². The van der Waals surface area contributed by atoms with Crippen molar-refractivity contribution in [2.24, 2.45) is 16.2 Å². The van der Waals surface area contributed by atoms with Gasteiger partial charge in [0, 0.05) is 37.0 Å². The molecular formula is C30H30F21O6Pr. The van der Waals surface area contributed by atoms with Gasteiger partial charge < -0.3 is 15.3 Å². The van der Waals surface area contributed by atoms with Crippen LogP contribution in [-0.2, 0) is 14.4 Å². The first-order valence-corrected chi connectivity index (χ1v) is 12.2. The van der Waals surface area contributed by atoms with Gasteiger partial charge in [0.25, 0.3) is 0 Å². The molecule has 0 N–H and O–H groups in total. The minimum absolute atomic E-state index is 0. The molecule has 0 amide bonds. The molecule has 0 bridgehead atoms. The van der Waals surface area contributed by atoms with Crippen LogP contribution in [0.2, 0.25) is 0 Å². The van der Waals surface area contributed by atoms with Crippen LogP contribution >= 0.6 is 0 Å². The molecule has 0 spiro atoms. The molecule has 336 valence electrons. The zero-order valence-electron chi connectivity index (χ0n) is 53.2. The van der Waals surface area contributed by atoms with E-state index in [4.69, 9.17) is 37.0 Å². The third kappa shape index (κ3) is 14.9. The Bertz CT molecular complexity index is 2100. The van der Waals surface area contributed by atoms with Crippen LogP contribution < -0.4 is 15.3 Å². The topological polar surface area (TPSA) is 120 Å². The third-order valence-corrected chi connectivity index (χ3v) is 5.07. The fourth-order valence-corrected chi connectivity index (χ4v) is 1.95. The van der Waals surface area contributed by atoms with Gasteiger partial charge in [0.1, 0.15) is 0 Å². The molecule has 0 fully saturated rings. The van der Waals surface area contributed by atoms with Gasteiger partial charge >= 0.3 is 95.4 Å². The van der Waals surface area contributed by atoms with Gasteiger partial charge in [-0.2, -0.15) is 92.2 Å². The maximum atomic E-state index is 13.3. The van der Waals surface area contributed by atoms with Gasteiger partial charge in [0.15, 0.2) is 0 Å². The normalized spacial score (nSPS) is 24.2. The molecule has 0 aliphatic carbocycles. The van der Waals surface area contributed by atoms with Crippen LogP contribution in [0, 0.1) is 57.5 Å². The van der Waals surface area contributed by atoms with Crippen molar-refractivity contribution in [1.82, 2.24) is 0 Å². The molecule has 0 aromatic heterocycles. The average molecular weight is 1050 g/mol. The van der Waals surface area contributed by atoms with Crippen LogP contribution in [-0.4, -0.2) is 71.4 Å². The summed E-state index contributed by atoms with van der Waals surface area (Å²) in [6, 6.07) is 0. The predicted octanol–water partition coefficient (Wildman–Crippen LogP) is 8.04. The first kappa shape index (κ1) is 26.8. The van der Waals surface area contributed by atoms with E-state index in [-0.39, 0.29) is 41.3 Å². The van der Waals surface area contributed by atoms with Crippen LogP contribution in [0.25, 0.3) is 0 Å². The van der Waals surface area contributed by atoms with E-state index in [1.807, 2.05) is 0 Å². The molecular weight excluding hydrogens is 996 g/mol. The Labute approximate surface area is 385 Å². The maximum Gasteiger partial charge on any atom is 3.00 e. The molecule has 58 heavy (non-hydrogen) atoms. The van der Waals surface area contributed by atoms with Gasteiger partial charge in [-0.25, -0.2) is 0 Å². The quantitative estimate of drug-likeness (QED) is 0.131. The summed E-state index contributed by atoms with van der Waals surface area (Å²) in [5.41, 5.74) is -13.6. The Kier molecular flexibility index (Phi) is 8.80. The number of rotatable bonds is 9. The van der Waals surface area contributed by atoms with Crippen LogP contribution in [0.5, 0.6) is 0 Å². The van der Waals surface area contributed by atoms with E-state index in [9.17, 15) is 122 Å². The van der Waals surface area contributed by atoms with E-state index in [1.54, 1.807) is 0 Å². The van der Waals surface area contributed by atoms with Crippen LogP contribution in [0.4, 0.5) is 92.2 Å². The molecule has 0 rings (SSSR count). The van der Waals surface area contributed by atoms with Crippen molar-refractivity contribution >= 4 is 17.3 Å². The summed E-state index contributed by atoms with van der Waals surface area (Å²) in [5, 5.41) is 36.1. The first-order chi connectivity index (χ1) is 35.4. The second-order valence-electron chi connectivity index (χ2n) is 9.81. The maximum absolute atomic E-state index is 13.3. The van der Waals surface area contributed by atoms with Gasteiger partial charge in [-0.3, -0.25) is 14.4 Å². The average Bonchev–Trinajstić information content (AvgIpc) is 3.11. The zero-order chi connectivity index (χ0) is 70.1. The molecule has 0 aromatic carbocycles. The molecule has 0 saturated heterocycles. The summed E-state index contributed by atoms with van der Waals surface area (Å²) in [7, 11) is 0. The van der Waals surface area contributed by atoms with E-state index in [0.717, 1.165) is 0 Å². The Morgan fingerprint density at radius 3 is 0.603 bits per heavy atom. The number of hydrogen-bond acceptors (Lipinski definition) is 6. The molecule has 0 aliphatic heterocycles. The zero-order valence-corrected chi connectivity index (χ0v) is 29.9. The molecule has 0 atom stereocenters. The Morgan fingerprint density at radius 2 is 0.500 bits per heavy atom. The first-order valence-electron chi connectivity index (χ1n) is 25.7. The number of carbonyl (C=O) groups excluding carboxylic acids is 3. The Balaban J connectivity index is -0.000000576. The number of alkyl halides is 21. The minimum Gasteiger partial charge on any atom is -0.875 e. The number of halogens is 21. The van der Waals surface area contributed by atoms with Crippen molar-refractivity contribution in [3.63, 3.8) is 0 Å². The number of allylic oxidation sites excluding steroid dienone is 6. The number of carbonyl (C=O) groups is 3. The van der Waals surface area contributed by atoms with Crippen molar-refractivity contribution in [2.45, 2.75) is 116 Å². The van der Waals surface area contributed by atoms with E-state index in [1.165, 1.54) is 0 Å². The van der Waals surface area contributed by atoms with Crippen LogP contribution in [0.1, 0.15) is 98.7 Å². The van der Waals surface area contributed by atoms with Crippen molar-refractivity contribution in [3.8, 4) is 0 Å². The van der Waals surface area contributed by atoms with Crippen molar-refractivity contribution < 1.29 is 200 Å². The fraction of sp³-hybridized carbons (Fsp3) is 0.700. The number of ketones is 3. The number of hydrogen-bond donors (Lipinski definition) is 0. The minimum atomic E-state index is -7.03. The van der Waals surface area contributed by atoms with Crippen LogP contribution in [0.15, 0.2) is 35.5 Å². The molecule has 0 unspecified atom stereocenters. The van der Waals surface area contributed by atoms with Gasteiger partial charge in [0.2, 0.25) is 17.3 Å². The summed E-state index contributed by atoms with van der Waals surface area (Å²) in [6.45, 7) is -39.0. The molecule has 0 aromatic rings. The Hall–Kier alpha value is -2.48. The summed E-state index contributed by atoms with van der Waals surface area (Å²) in [5.74, 6) is -60.7. The summed E-state index contributed by atoms with van der Waals surface area (Å²) in [4.78, 5) is 33.7. The van der Waals surface area contributed by atoms with Gasteiger partial charge in [-0.1, -0.05) is 61.7 Å². The van der Waals surface area contributed by atoms with Crippen molar-refractivity contribution in [1.29, 1.82) is 0 Å². The molecule has 0 heterocycles. The summed E-state index contributed by atoms with van der Waals surface area (Å²) < 4.78 is 456. The predicted molar refractivity (Wildman–Crippen MR) is 145 cm³/mol. The second-order valence-corrected chi connectivity index (χ2v) is 9.81. The molecule has 0 saturated carbocycles. The summed E-state index contributed by atoms with van der Waals surface area (Å²) >= 11 is 0. The van der Waals surface area contributed by atoms with Gasteiger partial charge in [0.05, 0.1) is 0 Å². The van der Waals surface area contributed by atoms with E-state index in [2.05, 4.69) is 0 Å². The molecule has 0 radical (unpaired) electrons. The second kappa shape index (κ2) is 19.1. The monoisotopic (exact) mass is 1050 g/mol. The van der Waals surface area contributed by atoms with Crippen molar-refractivity contribution in [3.05, 3.63) is 35.5 Å². The van der Waals surface area contributed by atoms with E-state index < -0.39 is 185 Å². The van der Waals surface area contributed by atoms with Crippen molar-refractivity contribution in [2.75, 3.05) is 0 Å². The molecule has 28 heteroatoms. The van der Waals surface area contributed by atoms with Gasteiger partial charge in [-0.05, 0) is 34.5 Å². The third-order valence-electron chi connectivity index (χ3n) is 5.07. The SMILES string of the molecule is [2H]C([2H])([2H])C(C([O-])=CC(=O)C(F)(F)C(F)(F)C(F)(F)F)(C([2H])([2H])[2H])C([2H])([2H])[2H].[2H]C([2H])([2H])C(C([O-])=CC(=O)C(F)(F)C(F)(F)C(F)(F)F)(C([2H])([2H])[2H])C([2H])([2H])[2H].[2H]C([2H])([2H])C(C([O-])=CC(=O)C(F)(F)C(F)(F)C(F)(F)F)(C([2H])([2H])[2H])C([2H])([2H])[2H].[Pr+3]. The van der Waals surface area contributed by atoms with Crippen LogP contribution in [0.3, 0.4) is 0 Å². The molecule has 0 aliphatic rings. The van der Waals surface area contributed by atoms with Gasteiger partial charge in [-0.15, -0.1) is 17.3 Å².